The van der Waals surface area contributed by atoms with Gasteiger partial charge in [0.25, 0.3) is 15.7 Å². The Labute approximate surface area is 153 Å². The normalized spacial score (nSPS) is 14.2. The number of carbonyl (C=O) groups excluding carboxylic acids is 1. The van der Waals surface area contributed by atoms with Crippen LogP contribution >= 0.6 is 11.6 Å². The molecule has 0 atom stereocenters. The van der Waals surface area contributed by atoms with Gasteiger partial charge in [-0.15, -0.1) is 0 Å². The first-order valence-electron chi connectivity index (χ1n) is 7.29. The van der Waals surface area contributed by atoms with Crippen molar-refractivity contribution in [2.24, 2.45) is 0 Å². The Balaban J connectivity index is 1.89. The first-order chi connectivity index (χ1) is 12.3. The van der Waals surface area contributed by atoms with E-state index in [9.17, 15) is 23.3 Å². The fraction of sp³-hybridized carbons (Fsp3) is 0.133. The third-order valence-corrected chi connectivity index (χ3v) is 5.29. The SMILES string of the molecule is O=C1OCCN1c1cccc(NS(=O)(=O)c2ccc(Cl)c([N+](=O)[O-])c2)c1. The van der Waals surface area contributed by atoms with E-state index in [1.54, 1.807) is 12.1 Å². The van der Waals surface area contributed by atoms with Crippen molar-refractivity contribution < 1.29 is 22.9 Å². The summed E-state index contributed by atoms with van der Waals surface area (Å²) in [6.07, 6.45) is -0.515. The van der Waals surface area contributed by atoms with E-state index < -0.39 is 26.7 Å². The Morgan fingerprint density at radius 1 is 1.23 bits per heavy atom. The van der Waals surface area contributed by atoms with Gasteiger partial charge in [-0.1, -0.05) is 17.7 Å². The van der Waals surface area contributed by atoms with E-state index >= 15 is 0 Å². The highest BCUT2D eigenvalue weighted by Gasteiger charge is 2.25. The lowest BCUT2D eigenvalue weighted by molar-refractivity contribution is -0.384. The highest BCUT2D eigenvalue weighted by atomic mass is 35.5. The van der Waals surface area contributed by atoms with Crippen LogP contribution in [0.1, 0.15) is 0 Å². The lowest BCUT2D eigenvalue weighted by Crippen LogP contribution is -2.23. The zero-order valence-electron chi connectivity index (χ0n) is 13.1. The molecule has 2 aromatic carbocycles. The fourth-order valence-electron chi connectivity index (χ4n) is 2.38. The van der Waals surface area contributed by atoms with Crippen molar-refractivity contribution in [3.05, 3.63) is 57.6 Å². The molecule has 0 saturated carbocycles. The third kappa shape index (κ3) is 3.55. The zero-order valence-corrected chi connectivity index (χ0v) is 14.7. The Morgan fingerprint density at radius 3 is 2.65 bits per heavy atom. The van der Waals surface area contributed by atoms with Crippen LogP contribution < -0.4 is 9.62 Å². The number of nitro groups is 1. The molecule has 0 aromatic heterocycles. The molecule has 1 amide bonds. The van der Waals surface area contributed by atoms with Crippen LogP contribution in [0.3, 0.4) is 0 Å². The molecule has 0 radical (unpaired) electrons. The number of cyclic esters (lactones) is 1. The number of carbonyl (C=O) groups is 1. The molecular formula is C15H12ClN3O6S. The summed E-state index contributed by atoms with van der Waals surface area (Å²) in [7, 11) is -4.09. The van der Waals surface area contributed by atoms with Crippen LogP contribution in [0.25, 0.3) is 0 Å². The highest BCUT2D eigenvalue weighted by molar-refractivity contribution is 7.92. The number of sulfonamides is 1. The van der Waals surface area contributed by atoms with Gasteiger partial charge in [0.05, 0.1) is 22.1 Å². The number of amides is 1. The van der Waals surface area contributed by atoms with Crippen molar-refractivity contribution in [2.75, 3.05) is 22.8 Å². The fourth-order valence-corrected chi connectivity index (χ4v) is 3.63. The molecular weight excluding hydrogens is 386 g/mol. The van der Waals surface area contributed by atoms with Crippen molar-refractivity contribution in [1.29, 1.82) is 0 Å². The Morgan fingerprint density at radius 2 is 2.00 bits per heavy atom. The molecule has 9 nitrogen and oxygen atoms in total. The van der Waals surface area contributed by atoms with Crippen molar-refractivity contribution in [3.8, 4) is 0 Å². The third-order valence-electron chi connectivity index (χ3n) is 3.60. The van der Waals surface area contributed by atoms with Gasteiger partial charge in [0.2, 0.25) is 0 Å². The molecule has 0 bridgehead atoms. The Kier molecular flexibility index (Phi) is 4.70. The van der Waals surface area contributed by atoms with Gasteiger partial charge in [-0.25, -0.2) is 13.2 Å². The van der Waals surface area contributed by atoms with Crippen LogP contribution in [-0.2, 0) is 14.8 Å². The summed E-state index contributed by atoms with van der Waals surface area (Å²) in [5.41, 5.74) is 0.151. The number of rotatable bonds is 5. The predicted molar refractivity (Wildman–Crippen MR) is 94.1 cm³/mol. The largest absolute Gasteiger partial charge is 0.447 e. The first kappa shape index (κ1) is 18.0. The Hall–Kier alpha value is -2.85. The number of nitro benzene ring substituents is 1. The van der Waals surface area contributed by atoms with Crippen LogP contribution in [0.15, 0.2) is 47.4 Å². The predicted octanol–water partition coefficient (Wildman–Crippen LogP) is 3.01. The van der Waals surface area contributed by atoms with Crippen molar-refractivity contribution >= 4 is 44.8 Å². The van der Waals surface area contributed by atoms with Gasteiger partial charge in [0, 0.05) is 11.8 Å². The summed E-state index contributed by atoms with van der Waals surface area (Å²) < 4.78 is 32.2. The average Bonchev–Trinajstić information content (AvgIpc) is 3.00. The van der Waals surface area contributed by atoms with Gasteiger partial charge in [-0.2, -0.15) is 0 Å². The molecule has 3 rings (SSSR count). The molecule has 1 saturated heterocycles. The van der Waals surface area contributed by atoms with E-state index in [0.717, 1.165) is 12.1 Å². The molecule has 0 unspecified atom stereocenters. The molecule has 26 heavy (non-hydrogen) atoms. The maximum Gasteiger partial charge on any atom is 0.414 e. The second-order valence-corrected chi connectivity index (χ2v) is 7.38. The number of anilines is 2. The molecule has 136 valence electrons. The van der Waals surface area contributed by atoms with Crippen molar-refractivity contribution in [2.45, 2.75) is 4.90 Å². The van der Waals surface area contributed by atoms with E-state index in [4.69, 9.17) is 16.3 Å². The van der Waals surface area contributed by atoms with E-state index in [1.807, 2.05) is 0 Å². The Bertz CT molecular complexity index is 995. The molecule has 11 heteroatoms. The standard InChI is InChI=1S/C15H12ClN3O6S/c16-13-5-4-12(9-14(13)19(21)22)26(23,24)17-10-2-1-3-11(8-10)18-6-7-25-15(18)20/h1-5,8-9,17H,6-7H2. The van der Waals surface area contributed by atoms with Crippen LogP contribution in [-0.4, -0.2) is 32.6 Å². The van der Waals surface area contributed by atoms with Crippen LogP contribution in [0.2, 0.25) is 5.02 Å². The second kappa shape index (κ2) is 6.81. The van der Waals surface area contributed by atoms with E-state index in [-0.39, 0.29) is 22.2 Å². The van der Waals surface area contributed by atoms with Gasteiger partial charge in [-0.3, -0.25) is 19.7 Å². The van der Waals surface area contributed by atoms with Crippen LogP contribution in [0, 0.1) is 10.1 Å². The molecule has 0 aliphatic carbocycles. The first-order valence-corrected chi connectivity index (χ1v) is 9.15. The summed E-state index contributed by atoms with van der Waals surface area (Å²) in [6.45, 7) is 0.613. The number of halogens is 1. The lowest BCUT2D eigenvalue weighted by Gasteiger charge is -2.14. The summed E-state index contributed by atoms with van der Waals surface area (Å²) in [6, 6.07) is 9.36. The van der Waals surface area contributed by atoms with Gasteiger partial charge >= 0.3 is 6.09 Å². The summed E-state index contributed by atoms with van der Waals surface area (Å²) in [4.78, 5) is 22.9. The maximum absolute atomic E-state index is 12.5. The molecule has 0 spiro atoms. The minimum Gasteiger partial charge on any atom is -0.447 e. The number of hydrogen-bond donors (Lipinski definition) is 1. The van der Waals surface area contributed by atoms with Crippen molar-refractivity contribution in [1.82, 2.24) is 0 Å². The van der Waals surface area contributed by atoms with Crippen LogP contribution in [0.4, 0.5) is 21.9 Å². The summed E-state index contributed by atoms with van der Waals surface area (Å²) >= 11 is 5.70. The molecule has 1 heterocycles. The van der Waals surface area contributed by atoms with E-state index in [0.29, 0.717) is 12.2 Å². The van der Waals surface area contributed by atoms with E-state index in [1.165, 1.54) is 23.1 Å². The molecule has 2 aromatic rings. The second-order valence-electron chi connectivity index (χ2n) is 5.29. The molecule has 1 aliphatic rings. The monoisotopic (exact) mass is 397 g/mol. The number of nitrogens with one attached hydrogen (secondary N) is 1. The maximum atomic E-state index is 12.5. The van der Waals surface area contributed by atoms with Gasteiger partial charge in [0.15, 0.2) is 0 Å². The molecule has 1 N–H and O–H groups in total. The topological polar surface area (TPSA) is 119 Å². The van der Waals surface area contributed by atoms with Crippen molar-refractivity contribution in [3.63, 3.8) is 0 Å². The smallest absolute Gasteiger partial charge is 0.414 e. The minimum absolute atomic E-state index is 0.163. The van der Waals surface area contributed by atoms with Gasteiger partial charge < -0.3 is 4.74 Å². The number of benzene rings is 2. The lowest BCUT2D eigenvalue weighted by atomic mass is 10.2. The summed E-state index contributed by atoms with van der Waals surface area (Å²) in [5, 5.41) is 10.8. The number of nitrogens with zero attached hydrogens (tertiary/aromatic N) is 2. The van der Waals surface area contributed by atoms with Crippen LogP contribution in [0.5, 0.6) is 0 Å². The number of hydrogen-bond acceptors (Lipinski definition) is 6. The van der Waals surface area contributed by atoms with E-state index in [2.05, 4.69) is 4.72 Å². The van der Waals surface area contributed by atoms with Gasteiger partial charge in [-0.05, 0) is 30.3 Å². The highest BCUT2D eigenvalue weighted by Crippen LogP contribution is 2.29. The molecule has 1 aliphatic heterocycles. The zero-order chi connectivity index (χ0) is 18.9. The molecule has 1 fully saturated rings. The number of ether oxygens (including phenoxy) is 1. The van der Waals surface area contributed by atoms with Gasteiger partial charge in [0.1, 0.15) is 11.6 Å². The summed E-state index contributed by atoms with van der Waals surface area (Å²) in [5.74, 6) is 0. The quantitative estimate of drug-likeness (QED) is 0.611. The average molecular weight is 398 g/mol. The minimum atomic E-state index is -4.09.